The summed E-state index contributed by atoms with van der Waals surface area (Å²) in [5, 5.41) is 22.8. The van der Waals surface area contributed by atoms with Crippen molar-refractivity contribution in [3.8, 4) is 0 Å². The van der Waals surface area contributed by atoms with E-state index in [4.69, 9.17) is 14.2 Å². The van der Waals surface area contributed by atoms with E-state index in [0.29, 0.717) is 11.8 Å². The zero-order valence-corrected chi connectivity index (χ0v) is 29.8. The Bertz CT molecular complexity index is 1140. The Kier molecular flexibility index (Phi) is 7.67. The van der Waals surface area contributed by atoms with Gasteiger partial charge in [0.25, 0.3) is 0 Å². The molecular weight excluding hydrogens is 552 g/mol. The number of carbonyl (C=O) groups is 1. The van der Waals surface area contributed by atoms with Crippen LogP contribution < -0.4 is 0 Å². The Labute approximate surface area is 267 Å². The zero-order valence-electron chi connectivity index (χ0n) is 29.8. The van der Waals surface area contributed by atoms with E-state index in [1.165, 1.54) is 12.8 Å². The number of rotatable bonds is 7. The summed E-state index contributed by atoms with van der Waals surface area (Å²) in [6.45, 7) is 21.9. The molecular formula is C38H64O6. The van der Waals surface area contributed by atoms with Gasteiger partial charge < -0.3 is 24.4 Å². The minimum Gasteiger partial charge on any atom is -0.462 e. The van der Waals surface area contributed by atoms with E-state index in [2.05, 4.69) is 55.4 Å². The number of ether oxygens (including phenoxy) is 3. The molecule has 2 spiro atoms. The fourth-order valence-corrected chi connectivity index (χ4v) is 13.7. The Balaban J connectivity index is 1.30. The molecule has 6 heteroatoms. The van der Waals surface area contributed by atoms with E-state index in [1.807, 2.05) is 21.0 Å². The fourth-order valence-electron chi connectivity index (χ4n) is 13.7. The van der Waals surface area contributed by atoms with Crippen molar-refractivity contribution in [2.75, 3.05) is 7.11 Å². The van der Waals surface area contributed by atoms with E-state index in [9.17, 15) is 15.0 Å². The lowest BCUT2D eigenvalue weighted by atomic mass is 9.41. The molecule has 0 radical (unpaired) electrons. The molecule has 6 rings (SSSR count). The highest BCUT2D eigenvalue weighted by Crippen LogP contribution is 2.89. The zero-order chi connectivity index (χ0) is 32.5. The first-order valence-electron chi connectivity index (χ1n) is 18.1. The molecule has 1 heterocycles. The lowest BCUT2D eigenvalue weighted by molar-refractivity contribution is -0.223. The molecule has 0 amide bonds. The average Bonchev–Trinajstić information content (AvgIpc) is 3.28. The van der Waals surface area contributed by atoms with Gasteiger partial charge in [-0.2, -0.15) is 0 Å². The van der Waals surface area contributed by atoms with E-state index >= 15 is 0 Å². The van der Waals surface area contributed by atoms with Crippen molar-refractivity contribution in [1.82, 2.24) is 0 Å². The van der Waals surface area contributed by atoms with Gasteiger partial charge in [0.15, 0.2) is 0 Å². The monoisotopic (exact) mass is 616 g/mol. The SMILES string of the molecule is CCC(C(=O)OC1CCC23CC24CCC2(C)C(C5(C)CCC(C(C)(C)O)O5)C(O)CC2(C)C4CC(OC)C3C1(C)C)C(C)C. The van der Waals surface area contributed by atoms with Gasteiger partial charge in [-0.25, -0.2) is 0 Å². The predicted octanol–water partition coefficient (Wildman–Crippen LogP) is 7.32. The van der Waals surface area contributed by atoms with Gasteiger partial charge in [-0.3, -0.25) is 4.79 Å². The number of carbonyl (C=O) groups excluding carboxylic acids is 1. The molecule has 6 fully saturated rings. The molecule has 0 aromatic rings. The van der Waals surface area contributed by atoms with Gasteiger partial charge in [0, 0.05) is 18.4 Å². The molecule has 0 bridgehead atoms. The van der Waals surface area contributed by atoms with Crippen molar-refractivity contribution >= 4 is 5.97 Å². The molecule has 1 aliphatic heterocycles. The summed E-state index contributed by atoms with van der Waals surface area (Å²) in [6.07, 6.45) is 9.29. The number of hydrogen-bond donors (Lipinski definition) is 2. The Morgan fingerprint density at radius 1 is 0.977 bits per heavy atom. The number of hydrogen-bond acceptors (Lipinski definition) is 6. The van der Waals surface area contributed by atoms with Crippen molar-refractivity contribution in [1.29, 1.82) is 0 Å². The summed E-state index contributed by atoms with van der Waals surface area (Å²) in [5.74, 6) is 1.07. The van der Waals surface area contributed by atoms with E-state index in [0.717, 1.165) is 51.4 Å². The first-order chi connectivity index (χ1) is 20.3. The van der Waals surface area contributed by atoms with Crippen LogP contribution in [0, 0.1) is 56.7 Å². The molecule has 44 heavy (non-hydrogen) atoms. The summed E-state index contributed by atoms with van der Waals surface area (Å²) in [4.78, 5) is 13.4. The van der Waals surface area contributed by atoms with Gasteiger partial charge in [0.1, 0.15) is 6.10 Å². The number of aliphatic hydroxyl groups excluding tert-OH is 1. The number of fused-ring (bicyclic) bond motifs is 2. The van der Waals surface area contributed by atoms with Crippen LogP contribution in [-0.2, 0) is 19.0 Å². The van der Waals surface area contributed by atoms with E-state index in [1.54, 1.807) is 0 Å². The van der Waals surface area contributed by atoms with Crippen molar-refractivity contribution in [3.63, 3.8) is 0 Å². The van der Waals surface area contributed by atoms with Crippen LogP contribution >= 0.6 is 0 Å². The van der Waals surface area contributed by atoms with Crippen molar-refractivity contribution in [3.05, 3.63) is 0 Å². The molecule has 6 nitrogen and oxygen atoms in total. The van der Waals surface area contributed by atoms with Crippen LogP contribution in [0.1, 0.15) is 133 Å². The molecule has 0 aromatic heterocycles. The Morgan fingerprint density at radius 2 is 1.66 bits per heavy atom. The summed E-state index contributed by atoms with van der Waals surface area (Å²) < 4.78 is 19.7. The largest absolute Gasteiger partial charge is 0.462 e. The minimum absolute atomic E-state index is 0.0222. The van der Waals surface area contributed by atoms with Crippen molar-refractivity contribution in [2.24, 2.45) is 56.7 Å². The van der Waals surface area contributed by atoms with Gasteiger partial charge >= 0.3 is 5.97 Å². The molecule has 5 saturated carbocycles. The number of esters is 1. The standard InChI is InChI=1S/C38H64O6/c1-12-23(22(2)3)31(40)43-27-14-16-38-21-37(38)18-17-34(8)29(36(10)15-13-28(44-36)33(6,7)41)24(39)20-35(34,9)26(37)19-25(42-11)30(38)32(27,4)5/h22-30,39,41H,12-21H2,1-11H3. The second-order valence-corrected chi connectivity index (χ2v) is 18.8. The second kappa shape index (κ2) is 10.2. The predicted molar refractivity (Wildman–Crippen MR) is 172 cm³/mol. The molecule has 13 unspecified atom stereocenters. The maximum atomic E-state index is 13.4. The maximum Gasteiger partial charge on any atom is 0.309 e. The van der Waals surface area contributed by atoms with Crippen molar-refractivity contribution in [2.45, 2.75) is 169 Å². The second-order valence-electron chi connectivity index (χ2n) is 18.8. The van der Waals surface area contributed by atoms with Crippen LogP contribution in [0.25, 0.3) is 0 Å². The summed E-state index contributed by atoms with van der Waals surface area (Å²) in [7, 11) is 1.90. The van der Waals surface area contributed by atoms with Gasteiger partial charge in [-0.1, -0.05) is 48.5 Å². The molecule has 1 saturated heterocycles. The highest BCUT2D eigenvalue weighted by atomic mass is 16.5. The lowest BCUT2D eigenvalue weighted by Crippen LogP contribution is -2.63. The molecule has 13 atom stereocenters. The fraction of sp³-hybridized carbons (Fsp3) is 0.974. The van der Waals surface area contributed by atoms with Crippen molar-refractivity contribution < 1.29 is 29.2 Å². The lowest BCUT2D eigenvalue weighted by Gasteiger charge is -2.65. The average molecular weight is 617 g/mol. The molecule has 6 aliphatic rings. The molecule has 2 N–H and O–H groups in total. The number of methoxy groups -OCH3 is 1. The number of aliphatic hydroxyl groups is 2. The van der Waals surface area contributed by atoms with Crippen LogP contribution in [0.4, 0.5) is 0 Å². The van der Waals surface area contributed by atoms with Crippen LogP contribution in [-0.4, -0.2) is 58.9 Å². The quantitative estimate of drug-likeness (QED) is 0.292. The minimum atomic E-state index is -0.890. The van der Waals surface area contributed by atoms with Crippen LogP contribution in [0.3, 0.4) is 0 Å². The van der Waals surface area contributed by atoms with Gasteiger partial charge in [0.2, 0.25) is 0 Å². The van der Waals surface area contributed by atoms with Crippen LogP contribution in [0.5, 0.6) is 0 Å². The molecule has 252 valence electrons. The highest BCUT2D eigenvalue weighted by molar-refractivity contribution is 5.73. The summed E-state index contributed by atoms with van der Waals surface area (Å²) in [5.41, 5.74) is -1.13. The van der Waals surface area contributed by atoms with Gasteiger partial charge in [0.05, 0.1) is 35.4 Å². The summed E-state index contributed by atoms with van der Waals surface area (Å²) in [6, 6.07) is 0. The van der Waals surface area contributed by atoms with E-state index in [-0.39, 0.29) is 69.1 Å². The topological polar surface area (TPSA) is 85.2 Å². The maximum absolute atomic E-state index is 13.4. The third kappa shape index (κ3) is 4.21. The molecule has 0 aromatic carbocycles. The van der Waals surface area contributed by atoms with E-state index < -0.39 is 17.3 Å². The first kappa shape index (κ1) is 33.2. The third-order valence-electron chi connectivity index (χ3n) is 15.8. The first-order valence-corrected chi connectivity index (χ1v) is 18.1. The van der Waals surface area contributed by atoms with Gasteiger partial charge in [-0.05, 0) is 124 Å². The highest BCUT2D eigenvalue weighted by Gasteiger charge is 2.85. The molecule has 5 aliphatic carbocycles. The van der Waals surface area contributed by atoms with Crippen LogP contribution in [0.15, 0.2) is 0 Å². The normalized spacial score (nSPS) is 51.6. The Hall–Kier alpha value is -0.690. The third-order valence-corrected chi connectivity index (χ3v) is 15.8. The Morgan fingerprint density at radius 3 is 2.23 bits per heavy atom. The van der Waals surface area contributed by atoms with Crippen LogP contribution in [0.2, 0.25) is 0 Å². The van der Waals surface area contributed by atoms with Gasteiger partial charge in [-0.15, -0.1) is 0 Å². The smallest absolute Gasteiger partial charge is 0.309 e. The summed E-state index contributed by atoms with van der Waals surface area (Å²) >= 11 is 0.